The second-order valence-electron chi connectivity index (χ2n) is 4.12. The molecule has 0 saturated heterocycles. The SMILES string of the molecule is COc1cc(F)c(C(=O)N(C)C(C)C(=O)O)cc1OC. The molecule has 7 heteroatoms. The fraction of sp³-hybridized carbons (Fsp3) is 0.385. The van der Waals surface area contributed by atoms with E-state index >= 15 is 0 Å². The number of ether oxygens (including phenoxy) is 2. The summed E-state index contributed by atoms with van der Waals surface area (Å²) in [6.07, 6.45) is 0. The first-order valence-corrected chi connectivity index (χ1v) is 5.75. The molecule has 0 aliphatic rings. The second kappa shape index (κ2) is 6.23. The highest BCUT2D eigenvalue weighted by atomic mass is 19.1. The van der Waals surface area contributed by atoms with E-state index in [9.17, 15) is 14.0 Å². The van der Waals surface area contributed by atoms with Gasteiger partial charge in [0.15, 0.2) is 11.5 Å². The lowest BCUT2D eigenvalue weighted by Gasteiger charge is -2.22. The molecule has 1 aromatic rings. The lowest BCUT2D eigenvalue weighted by molar-refractivity contribution is -0.141. The van der Waals surface area contributed by atoms with Crippen molar-refractivity contribution in [2.24, 2.45) is 0 Å². The van der Waals surface area contributed by atoms with Crippen molar-refractivity contribution in [3.8, 4) is 11.5 Å². The smallest absolute Gasteiger partial charge is 0.326 e. The van der Waals surface area contributed by atoms with Crippen molar-refractivity contribution >= 4 is 11.9 Å². The van der Waals surface area contributed by atoms with Crippen LogP contribution in [0.15, 0.2) is 12.1 Å². The zero-order valence-corrected chi connectivity index (χ0v) is 11.6. The molecule has 20 heavy (non-hydrogen) atoms. The molecule has 1 aromatic carbocycles. The highest BCUT2D eigenvalue weighted by molar-refractivity contribution is 5.97. The Bertz CT molecular complexity index is 532. The fourth-order valence-corrected chi connectivity index (χ4v) is 1.55. The van der Waals surface area contributed by atoms with E-state index in [4.69, 9.17) is 14.6 Å². The largest absolute Gasteiger partial charge is 0.493 e. The number of hydrogen-bond acceptors (Lipinski definition) is 4. The van der Waals surface area contributed by atoms with Gasteiger partial charge in [-0.1, -0.05) is 0 Å². The third-order valence-electron chi connectivity index (χ3n) is 2.96. The van der Waals surface area contributed by atoms with Gasteiger partial charge in [0.05, 0.1) is 19.8 Å². The van der Waals surface area contributed by atoms with Gasteiger partial charge in [-0.25, -0.2) is 9.18 Å². The summed E-state index contributed by atoms with van der Waals surface area (Å²) in [7, 11) is 3.99. The van der Waals surface area contributed by atoms with Gasteiger partial charge in [-0.05, 0) is 13.0 Å². The summed E-state index contributed by atoms with van der Waals surface area (Å²) < 4.78 is 23.8. The molecule has 0 aliphatic carbocycles. The number of methoxy groups -OCH3 is 2. The number of carbonyl (C=O) groups is 2. The van der Waals surface area contributed by atoms with E-state index in [2.05, 4.69) is 0 Å². The predicted octanol–water partition coefficient (Wildman–Crippen LogP) is 1.39. The maximum Gasteiger partial charge on any atom is 0.326 e. The minimum atomic E-state index is -1.18. The van der Waals surface area contributed by atoms with Gasteiger partial charge in [0, 0.05) is 13.1 Å². The standard InChI is InChI=1S/C13H16FNO5/c1-7(13(17)18)15(2)12(16)8-5-10(19-3)11(20-4)6-9(8)14/h5-7H,1-4H3,(H,17,18). The molecule has 0 bridgehead atoms. The maximum atomic E-state index is 13.9. The van der Waals surface area contributed by atoms with E-state index in [-0.39, 0.29) is 17.1 Å². The van der Waals surface area contributed by atoms with E-state index in [0.29, 0.717) is 0 Å². The first-order valence-electron chi connectivity index (χ1n) is 5.75. The maximum absolute atomic E-state index is 13.9. The van der Waals surface area contributed by atoms with Crippen molar-refractivity contribution in [1.82, 2.24) is 4.90 Å². The minimum absolute atomic E-state index is 0.149. The van der Waals surface area contributed by atoms with Gasteiger partial charge in [-0.15, -0.1) is 0 Å². The van der Waals surface area contributed by atoms with Crippen LogP contribution in [0, 0.1) is 5.82 Å². The molecule has 1 amide bonds. The number of likely N-dealkylation sites (N-methyl/N-ethyl adjacent to an activating group) is 1. The molecule has 0 saturated carbocycles. The van der Waals surface area contributed by atoms with E-state index in [0.717, 1.165) is 11.0 Å². The van der Waals surface area contributed by atoms with Gasteiger partial charge < -0.3 is 19.5 Å². The monoisotopic (exact) mass is 285 g/mol. The molecular weight excluding hydrogens is 269 g/mol. The zero-order valence-electron chi connectivity index (χ0n) is 11.6. The van der Waals surface area contributed by atoms with Crippen molar-refractivity contribution in [3.63, 3.8) is 0 Å². The summed E-state index contributed by atoms with van der Waals surface area (Å²) in [5.74, 6) is -2.40. The lowest BCUT2D eigenvalue weighted by atomic mass is 10.1. The average Bonchev–Trinajstić information content (AvgIpc) is 2.44. The third-order valence-corrected chi connectivity index (χ3v) is 2.96. The van der Waals surface area contributed by atoms with E-state index in [1.807, 2.05) is 0 Å². The average molecular weight is 285 g/mol. The molecule has 0 heterocycles. The summed E-state index contributed by atoms with van der Waals surface area (Å²) in [4.78, 5) is 23.9. The summed E-state index contributed by atoms with van der Waals surface area (Å²) in [5.41, 5.74) is -0.279. The molecular formula is C13H16FNO5. The molecule has 6 nitrogen and oxygen atoms in total. The minimum Gasteiger partial charge on any atom is -0.493 e. The van der Waals surface area contributed by atoms with Crippen LogP contribution in [0.3, 0.4) is 0 Å². The van der Waals surface area contributed by atoms with Crippen LogP contribution in [0.4, 0.5) is 4.39 Å². The molecule has 1 N–H and O–H groups in total. The molecule has 1 rings (SSSR count). The number of amides is 1. The fourth-order valence-electron chi connectivity index (χ4n) is 1.55. The first kappa shape index (κ1) is 15.7. The van der Waals surface area contributed by atoms with Crippen LogP contribution in [0.2, 0.25) is 0 Å². The third kappa shape index (κ3) is 2.98. The Morgan fingerprint density at radius 1 is 1.25 bits per heavy atom. The Balaban J connectivity index is 3.19. The molecule has 0 spiro atoms. The first-order chi connectivity index (χ1) is 9.33. The van der Waals surface area contributed by atoms with Gasteiger partial charge in [0.1, 0.15) is 11.9 Å². The number of nitrogens with zero attached hydrogens (tertiary/aromatic N) is 1. The van der Waals surface area contributed by atoms with E-state index < -0.39 is 23.7 Å². The van der Waals surface area contributed by atoms with Crippen LogP contribution in [-0.4, -0.2) is 49.2 Å². The summed E-state index contributed by atoms with van der Waals surface area (Å²) in [6.45, 7) is 1.33. The zero-order chi connectivity index (χ0) is 15.4. The Hall–Kier alpha value is -2.31. The van der Waals surface area contributed by atoms with E-state index in [1.165, 1.54) is 34.3 Å². The lowest BCUT2D eigenvalue weighted by Crippen LogP contribution is -2.40. The number of rotatable bonds is 5. The Morgan fingerprint density at radius 2 is 1.75 bits per heavy atom. The van der Waals surface area contributed by atoms with Crippen LogP contribution in [0.25, 0.3) is 0 Å². The van der Waals surface area contributed by atoms with Gasteiger partial charge in [0.25, 0.3) is 5.91 Å². The Labute approximate surface area is 115 Å². The molecule has 0 radical (unpaired) electrons. The Kier molecular flexibility index (Phi) is 4.90. The van der Waals surface area contributed by atoms with Crippen LogP contribution in [0.5, 0.6) is 11.5 Å². The summed E-state index contributed by atoms with van der Waals surface area (Å²) >= 11 is 0. The highest BCUT2D eigenvalue weighted by Gasteiger charge is 2.26. The number of halogens is 1. The predicted molar refractivity (Wildman–Crippen MR) is 68.7 cm³/mol. The number of carboxylic acid groups (broad SMARTS) is 1. The van der Waals surface area contributed by atoms with Crippen LogP contribution >= 0.6 is 0 Å². The normalized spacial score (nSPS) is 11.7. The van der Waals surface area contributed by atoms with E-state index in [1.54, 1.807) is 0 Å². The van der Waals surface area contributed by atoms with Crippen molar-refractivity contribution in [2.45, 2.75) is 13.0 Å². The van der Waals surface area contributed by atoms with Crippen molar-refractivity contribution < 1.29 is 28.6 Å². The van der Waals surface area contributed by atoms with Gasteiger partial charge in [-0.2, -0.15) is 0 Å². The van der Waals surface area contributed by atoms with Gasteiger partial charge in [0.2, 0.25) is 0 Å². The molecule has 1 atom stereocenters. The quantitative estimate of drug-likeness (QED) is 0.884. The van der Waals surface area contributed by atoms with Crippen molar-refractivity contribution in [2.75, 3.05) is 21.3 Å². The topological polar surface area (TPSA) is 76.1 Å². The number of carboxylic acids is 1. The number of aliphatic carboxylic acids is 1. The summed E-state index contributed by atoms with van der Waals surface area (Å²) in [5, 5.41) is 8.87. The summed E-state index contributed by atoms with van der Waals surface area (Å²) in [6, 6.07) is 1.13. The molecule has 0 fully saturated rings. The highest BCUT2D eigenvalue weighted by Crippen LogP contribution is 2.30. The van der Waals surface area contributed by atoms with Crippen LogP contribution < -0.4 is 9.47 Å². The van der Waals surface area contributed by atoms with Crippen LogP contribution in [-0.2, 0) is 4.79 Å². The number of benzene rings is 1. The number of carbonyl (C=O) groups excluding carboxylic acids is 1. The molecule has 0 aliphatic heterocycles. The molecule has 0 aromatic heterocycles. The molecule has 1 unspecified atom stereocenters. The molecule has 110 valence electrons. The second-order valence-corrected chi connectivity index (χ2v) is 4.12. The van der Waals surface area contributed by atoms with Gasteiger partial charge in [-0.3, -0.25) is 4.79 Å². The van der Waals surface area contributed by atoms with Gasteiger partial charge >= 0.3 is 5.97 Å². The van der Waals surface area contributed by atoms with Crippen molar-refractivity contribution in [3.05, 3.63) is 23.5 Å². The number of hydrogen-bond donors (Lipinski definition) is 1. The van der Waals surface area contributed by atoms with Crippen molar-refractivity contribution in [1.29, 1.82) is 0 Å². The Morgan fingerprint density at radius 3 is 2.20 bits per heavy atom. The van der Waals surface area contributed by atoms with Crippen LogP contribution in [0.1, 0.15) is 17.3 Å².